The topological polar surface area (TPSA) is 61.5 Å². The van der Waals surface area contributed by atoms with Crippen molar-refractivity contribution in [1.29, 1.82) is 0 Å². The number of aromatic nitrogens is 2. The van der Waals surface area contributed by atoms with Crippen molar-refractivity contribution in [2.45, 2.75) is 0 Å². The Bertz CT molecular complexity index is 1200. The number of carbonyl (C=O) groups excluding carboxylic acids is 1. The van der Waals surface area contributed by atoms with E-state index in [0.29, 0.717) is 22.3 Å². The zero-order valence-electron chi connectivity index (χ0n) is 16.3. The molecule has 2 aromatic carbocycles. The van der Waals surface area contributed by atoms with Gasteiger partial charge in [0.25, 0.3) is 5.91 Å². The van der Waals surface area contributed by atoms with Crippen LogP contribution in [0.25, 0.3) is 21.1 Å². The van der Waals surface area contributed by atoms with Crippen LogP contribution in [0.15, 0.2) is 48.7 Å². The third kappa shape index (κ3) is 3.70. The smallest absolute Gasteiger partial charge is 0.262 e. The predicted octanol–water partition coefficient (Wildman–Crippen LogP) is 4.41. The lowest BCUT2D eigenvalue weighted by molar-refractivity contribution is 0.0391. The molecule has 1 N–H and O–H groups in total. The molecule has 2 aromatic heterocycles. The van der Waals surface area contributed by atoms with Gasteiger partial charge >= 0.3 is 0 Å². The van der Waals surface area contributed by atoms with E-state index in [2.05, 4.69) is 9.88 Å². The molecule has 0 bridgehead atoms. The molecule has 1 fully saturated rings. The standard InChI is InChI=1S/C22H21ClN4O2S/c23-17-5-3-7-19-20(17)25-22(30-19)27(9-8-26-10-12-29-13-11-26)21(28)16-14-24-18-6-2-1-4-15(16)18/h1-7,14,24H,8-13H2. The number of para-hydroxylation sites is 2. The van der Waals surface area contributed by atoms with E-state index in [1.807, 2.05) is 42.5 Å². The number of fused-ring (bicyclic) bond motifs is 2. The summed E-state index contributed by atoms with van der Waals surface area (Å²) >= 11 is 7.84. The maximum absolute atomic E-state index is 13.7. The Morgan fingerprint density at radius 3 is 2.87 bits per heavy atom. The molecule has 0 spiro atoms. The second-order valence-electron chi connectivity index (χ2n) is 7.24. The van der Waals surface area contributed by atoms with E-state index in [1.54, 1.807) is 11.1 Å². The van der Waals surface area contributed by atoms with E-state index in [-0.39, 0.29) is 5.91 Å². The molecule has 0 aliphatic carbocycles. The van der Waals surface area contributed by atoms with Gasteiger partial charge in [-0.2, -0.15) is 0 Å². The highest BCUT2D eigenvalue weighted by molar-refractivity contribution is 7.22. The molecule has 0 saturated carbocycles. The summed E-state index contributed by atoms with van der Waals surface area (Å²) in [5, 5.41) is 2.18. The van der Waals surface area contributed by atoms with Crippen molar-refractivity contribution in [1.82, 2.24) is 14.9 Å². The number of amides is 1. The third-order valence-electron chi connectivity index (χ3n) is 5.40. The molecule has 154 valence electrons. The summed E-state index contributed by atoms with van der Waals surface area (Å²) in [6.07, 6.45) is 1.79. The number of nitrogens with zero attached hydrogens (tertiary/aromatic N) is 3. The Balaban J connectivity index is 1.51. The van der Waals surface area contributed by atoms with Crippen LogP contribution in [0, 0.1) is 0 Å². The molecule has 1 saturated heterocycles. The number of benzene rings is 2. The maximum Gasteiger partial charge on any atom is 0.262 e. The normalized spacial score (nSPS) is 15.1. The third-order valence-corrected chi connectivity index (χ3v) is 6.75. The van der Waals surface area contributed by atoms with E-state index in [0.717, 1.165) is 54.0 Å². The first kappa shape index (κ1) is 19.5. The second kappa shape index (κ2) is 8.35. The fourth-order valence-electron chi connectivity index (χ4n) is 3.76. The van der Waals surface area contributed by atoms with Crippen molar-refractivity contribution in [3.63, 3.8) is 0 Å². The zero-order valence-corrected chi connectivity index (χ0v) is 17.9. The first-order valence-electron chi connectivity index (χ1n) is 9.94. The molecule has 4 aromatic rings. The molecule has 30 heavy (non-hydrogen) atoms. The molecular formula is C22H21ClN4O2S. The molecule has 1 aliphatic rings. The zero-order chi connectivity index (χ0) is 20.5. The maximum atomic E-state index is 13.7. The van der Waals surface area contributed by atoms with Crippen LogP contribution < -0.4 is 4.90 Å². The van der Waals surface area contributed by atoms with E-state index in [1.165, 1.54) is 11.3 Å². The first-order valence-corrected chi connectivity index (χ1v) is 11.1. The van der Waals surface area contributed by atoms with E-state index in [9.17, 15) is 4.79 Å². The molecule has 8 heteroatoms. The molecular weight excluding hydrogens is 420 g/mol. The van der Waals surface area contributed by atoms with Crippen molar-refractivity contribution in [3.8, 4) is 0 Å². The molecule has 0 radical (unpaired) electrons. The number of rotatable bonds is 5. The van der Waals surface area contributed by atoms with Crippen LogP contribution in [-0.4, -0.2) is 60.2 Å². The molecule has 6 nitrogen and oxygen atoms in total. The van der Waals surface area contributed by atoms with E-state index in [4.69, 9.17) is 21.3 Å². The minimum Gasteiger partial charge on any atom is -0.379 e. The summed E-state index contributed by atoms with van der Waals surface area (Å²) in [5.41, 5.74) is 2.33. The van der Waals surface area contributed by atoms with Crippen LogP contribution in [0.4, 0.5) is 5.13 Å². The minimum atomic E-state index is -0.0594. The van der Waals surface area contributed by atoms with Gasteiger partial charge in [-0.15, -0.1) is 0 Å². The number of morpholine rings is 1. The van der Waals surface area contributed by atoms with Crippen LogP contribution >= 0.6 is 22.9 Å². The lowest BCUT2D eigenvalue weighted by atomic mass is 10.1. The van der Waals surface area contributed by atoms with Gasteiger partial charge in [0.05, 0.1) is 28.5 Å². The predicted molar refractivity (Wildman–Crippen MR) is 122 cm³/mol. The second-order valence-corrected chi connectivity index (χ2v) is 8.66. The molecule has 1 amide bonds. The summed E-state index contributed by atoms with van der Waals surface area (Å²) in [6, 6.07) is 13.6. The van der Waals surface area contributed by atoms with Gasteiger partial charge in [0.15, 0.2) is 5.13 Å². The molecule has 5 rings (SSSR count). The average Bonchev–Trinajstić information content (AvgIpc) is 3.40. The fourth-order valence-corrected chi connectivity index (χ4v) is 5.05. The van der Waals surface area contributed by atoms with Crippen LogP contribution in [0.5, 0.6) is 0 Å². The Morgan fingerprint density at radius 1 is 1.20 bits per heavy atom. The van der Waals surface area contributed by atoms with Crippen molar-refractivity contribution >= 4 is 55.1 Å². The Kier molecular flexibility index (Phi) is 5.43. The highest BCUT2D eigenvalue weighted by Crippen LogP contribution is 2.34. The monoisotopic (exact) mass is 440 g/mol. The summed E-state index contributed by atoms with van der Waals surface area (Å²) in [5.74, 6) is -0.0594. The van der Waals surface area contributed by atoms with Gasteiger partial charge in [0.2, 0.25) is 0 Å². The van der Waals surface area contributed by atoms with Crippen LogP contribution in [0.3, 0.4) is 0 Å². The molecule has 1 aliphatic heterocycles. The molecule has 0 unspecified atom stereocenters. The van der Waals surface area contributed by atoms with Gasteiger partial charge in [0, 0.05) is 43.3 Å². The first-order chi connectivity index (χ1) is 14.7. The number of hydrogen-bond acceptors (Lipinski definition) is 5. The number of anilines is 1. The number of halogens is 1. The molecule has 3 heterocycles. The number of aromatic amines is 1. The van der Waals surface area contributed by atoms with Gasteiger partial charge in [-0.05, 0) is 18.2 Å². The highest BCUT2D eigenvalue weighted by Gasteiger charge is 2.25. The number of H-pyrrole nitrogens is 1. The number of carbonyl (C=O) groups is 1. The lowest BCUT2D eigenvalue weighted by Gasteiger charge is -2.29. The van der Waals surface area contributed by atoms with Crippen molar-refractivity contribution in [3.05, 3.63) is 59.2 Å². The summed E-state index contributed by atoms with van der Waals surface area (Å²) in [6.45, 7) is 4.53. The lowest BCUT2D eigenvalue weighted by Crippen LogP contribution is -2.43. The van der Waals surface area contributed by atoms with Gasteiger partial charge in [-0.3, -0.25) is 14.6 Å². The fraction of sp³-hybridized carbons (Fsp3) is 0.273. The Hall–Kier alpha value is -2.45. The number of thiazole rings is 1. The van der Waals surface area contributed by atoms with Gasteiger partial charge in [-0.25, -0.2) is 4.98 Å². The largest absolute Gasteiger partial charge is 0.379 e. The van der Waals surface area contributed by atoms with E-state index >= 15 is 0 Å². The highest BCUT2D eigenvalue weighted by atomic mass is 35.5. The number of nitrogens with one attached hydrogen (secondary N) is 1. The molecule has 0 atom stereocenters. The van der Waals surface area contributed by atoms with Crippen LogP contribution in [0.1, 0.15) is 10.4 Å². The van der Waals surface area contributed by atoms with E-state index < -0.39 is 0 Å². The Labute approximate surface area is 183 Å². The van der Waals surface area contributed by atoms with Crippen LogP contribution in [0.2, 0.25) is 5.02 Å². The quantitative estimate of drug-likeness (QED) is 0.499. The summed E-state index contributed by atoms with van der Waals surface area (Å²) < 4.78 is 6.42. The minimum absolute atomic E-state index is 0.0594. The summed E-state index contributed by atoms with van der Waals surface area (Å²) in [7, 11) is 0. The Morgan fingerprint density at radius 2 is 2.03 bits per heavy atom. The average molecular weight is 441 g/mol. The summed E-state index contributed by atoms with van der Waals surface area (Å²) in [4.78, 5) is 25.7. The van der Waals surface area contributed by atoms with Crippen molar-refractivity contribution in [2.75, 3.05) is 44.3 Å². The number of ether oxygens (including phenoxy) is 1. The van der Waals surface area contributed by atoms with Gasteiger partial charge in [0.1, 0.15) is 5.52 Å². The van der Waals surface area contributed by atoms with Crippen molar-refractivity contribution in [2.24, 2.45) is 0 Å². The van der Waals surface area contributed by atoms with Crippen LogP contribution in [-0.2, 0) is 4.74 Å². The van der Waals surface area contributed by atoms with Gasteiger partial charge < -0.3 is 9.72 Å². The SMILES string of the molecule is O=C(c1c[nH]c2ccccc12)N(CCN1CCOCC1)c1nc2c(Cl)cccc2s1. The number of hydrogen-bond donors (Lipinski definition) is 1. The van der Waals surface area contributed by atoms with Gasteiger partial charge in [-0.1, -0.05) is 47.2 Å². The van der Waals surface area contributed by atoms with Crippen molar-refractivity contribution < 1.29 is 9.53 Å².